The Morgan fingerprint density at radius 1 is 1.23 bits per heavy atom. The van der Waals surface area contributed by atoms with Crippen molar-refractivity contribution in [1.82, 2.24) is 15.1 Å². The smallest absolute Gasteiger partial charge is 0.317 e. The summed E-state index contributed by atoms with van der Waals surface area (Å²) < 4.78 is 0. The van der Waals surface area contributed by atoms with E-state index in [-0.39, 0.29) is 12.1 Å². The van der Waals surface area contributed by atoms with Gasteiger partial charge in [-0.2, -0.15) is 0 Å². The number of urea groups is 1. The number of hydrogen-bond donors (Lipinski definition) is 1. The zero-order valence-corrected chi connectivity index (χ0v) is 15.0. The lowest BCUT2D eigenvalue weighted by atomic mass is 9.92. The fourth-order valence-corrected chi connectivity index (χ4v) is 4.26. The largest absolute Gasteiger partial charge is 0.334 e. The number of carbonyl (C=O) groups excluding carboxylic acids is 1. The summed E-state index contributed by atoms with van der Waals surface area (Å²) >= 11 is 0. The summed E-state index contributed by atoms with van der Waals surface area (Å²) in [7, 11) is 0. The molecule has 0 spiro atoms. The van der Waals surface area contributed by atoms with Gasteiger partial charge in [-0.15, -0.1) is 0 Å². The van der Waals surface area contributed by atoms with E-state index in [1.807, 2.05) is 4.90 Å². The molecule has 2 aliphatic heterocycles. The Hall–Kier alpha value is -0.770. The van der Waals surface area contributed by atoms with Gasteiger partial charge < -0.3 is 15.1 Å². The fourth-order valence-electron chi connectivity index (χ4n) is 4.26. The Bertz CT molecular complexity index is 350. The van der Waals surface area contributed by atoms with Crippen LogP contribution < -0.4 is 5.32 Å². The molecule has 4 heteroatoms. The third-order valence-electron chi connectivity index (χ3n) is 5.23. The molecule has 2 rings (SSSR count). The first kappa shape index (κ1) is 17.6. The van der Waals surface area contributed by atoms with Crippen LogP contribution in [-0.4, -0.2) is 54.6 Å². The molecule has 4 nitrogen and oxygen atoms in total. The summed E-state index contributed by atoms with van der Waals surface area (Å²) in [6, 6.07) is 0.371. The topological polar surface area (TPSA) is 35.6 Å². The summed E-state index contributed by atoms with van der Waals surface area (Å²) in [5.41, 5.74) is 0. The number of likely N-dealkylation sites (tertiary alicyclic amines) is 2. The van der Waals surface area contributed by atoms with E-state index in [4.69, 9.17) is 0 Å². The molecule has 0 aromatic heterocycles. The minimum absolute atomic E-state index is 0.142. The van der Waals surface area contributed by atoms with Crippen molar-refractivity contribution in [2.45, 2.75) is 59.4 Å². The van der Waals surface area contributed by atoms with Crippen LogP contribution in [0.1, 0.15) is 53.4 Å². The standard InChI is InChI=1S/C18H35N3O/c1-5-17-7-6-8-21(13-17)18(22)19-16(4)12-20-10-14(2)9-15(3)11-20/h14-17H,5-13H2,1-4H3,(H,19,22)/t14-,15+,16-,17-/m1/s1. The van der Waals surface area contributed by atoms with E-state index < -0.39 is 0 Å². The van der Waals surface area contributed by atoms with Gasteiger partial charge in [-0.05, 0) is 43.9 Å². The van der Waals surface area contributed by atoms with Crippen molar-refractivity contribution in [3.63, 3.8) is 0 Å². The molecule has 0 aromatic carbocycles. The third-order valence-corrected chi connectivity index (χ3v) is 5.23. The van der Waals surface area contributed by atoms with Crippen LogP contribution in [0.3, 0.4) is 0 Å². The summed E-state index contributed by atoms with van der Waals surface area (Å²) in [5.74, 6) is 2.25. The molecular weight excluding hydrogens is 274 g/mol. The highest BCUT2D eigenvalue weighted by Crippen LogP contribution is 2.21. The van der Waals surface area contributed by atoms with Crippen LogP contribution in [0.2, 0.25) is 0 Å². The van der Waals surface area contributed by atoms with Gasteiger partial charge in [0.15, 0.2) is 0 Å². The van der Waals surface area contributed by atoms with Crippen molar-refractivity contribution < 1.29 is 4.79 Å². The van der Waals surface area contributed by atoms with Crippen molar-refractivity contribution in [3.8, 4) is 0 Å². The van der Waals surface area contributed by atoms with Gasteiger partial charge in [0.1, 0.15) is 0 Å². The van der Waals surface area contributed by atoms with Gasteiger partial charge in [-0.25, -0.2) is 4.79 Å². The molecule has 0 saturated carbocycles. The molecule has 4 atom stereocenters. The molecule has 0 unspecified atom stereocenters. The van der Waals surface area contributed by atoms with Crippen molar-refractivity contribution in [3.05, 3.63) is 0 Å². The van der Waals surface area contributed by atoms with E-state index in [1.54, 1.807) is 0 Å². The maximum absolute atomic E-state index is 12.4. The van der Waals surface area contributed by atoms with Crippen LogP contribution in [0.4, 0.5) is 4.79 Å². The zero-order valence-electron chi connectivity index (χ0n) is 15.0. The maximum atomic E-state index is 12.4. The number of rotatable bonds is 4. The number of piperidine rings is 2. The minimum Gasteiger partial charge on any atom is -0.334 e. The first-order valence-electron chi connectivity index (χ1n) is 9.25. The lowest BCUT2D eigenvalue weighted by molar-refractivity contribution is 0.126. The number of nitrogens with one attached hydrogen (secondary N) is 1. The maximum Gasteiger partial charge on any atom is 0.317 e. The second-order valence-electron chi connectivity index (χ2n) is 7.88. The Kier molecular flexibility index (Phi) is 6.54. The summed E-state index contributed by atoms with van der Waals surface area (Å²) in [5, 5.41) is 3.22. The molecule has 2 fully saturated rings. The van der Waals surface area contributed by atoms with Gasteiger partial charge in [-0.3, -0.25) is 0 Å². The predicted octanol–water partition coefficient (Wildman–Crippen LogP) is 3.18. The van der Waals surface area contributed by atoms with E-state index in [9.17, 15) is 4.79 Å². The second kappa shape index (κ2) is 8.19. The minimum atomic E-state index is 0.142. The lowest BCUT2D eigenvalue weighted by Gasteiger charge is -2.37. The van der Waals surface area contributed by atoms with Crippen LogP contribution in [0.15, 0.2) is 0 Å². The van der Waals surface area contributed by atoms with Crippen LogP contribution >= 0.6 is 0 Å². The number of hydrogen-bond acceptors (Lipinski definition) is 2. The number of amides is 2. The molecule has 0 aromatic rings. The van der Waals surface area contributed by atoms with Crippen LogP contribution in [-0.2, 0) is 0 Å². The van der Waals surface area contributed by atoms with Crippen LogP contribution in [0, 0.1) is 17.8 Å². The average molecular weight is 309 g/mol. The lowest BCUT2D eigenvalue weighted by Crippen LogP contribution is -2.52. The number of nitrogens with zero attached hydrogens (tertiary/aromatic N) is 2. The average Bonchev–Trinajstić information content (AvgIpc) is 2.46. The number of carbonyl (C=O) groups is 1. The highest BCUT2D eigenvalue weighted by atomic mass is 16.2. The molecule has 0 aliphatic carbocycles. The van der Waals surface area contributed by atoms with Crippen LogP contribution in [0.25, 0.3) is 0 Å². The molecule has 2 heterocycles. The summed E-state index contributed by atoms with van der Waals surface area (Å²) in [6.45, 7) is 14.2. The molecule has 2 amide bonds. The molecule has 128 valence electrons. The molecule has 1 N–H and O–H groups in total. The van der Waals surface area contributed by atoms with E-state index in [0.29, 0.717) is 5.92 Å². The van der Waals surface area contributed by atoms with Gasteiger partial charge in [0.25, 0.3) is 0 Å². The first-order valence-corrected chi connectivity index (χ1v) is 9.25. The Labute approximate surface area is 136 Å². The van der Waals surface area contributed by atoms with Crippen molar-refractivity contribution >= 4 is 6.03 Å². The second-order valence-corrected chi connectivity index (χ2v) is 7.88. The third kappa shape index (κ3) is 5.15. The highest BCUT2D eigenvalue weighted by molar-refractivity contribution is 5.74. The van der Waals surface area contributed by atoms with Crippen LogP contribution in [0.5, 0.6) is 0 Å². The Morgan fingerprint density at radius 3 is 2.55 bits per heavy atom. The molecule has 22 heavy (non-hydrogen) atoms. The van der Waals surface area contributed by atoms with E-state index in [0.717, 1.165) is 37.9 Å². The van der Waals surface area contributed by atoms with Gasteiger partial charge in [-0.1, -0.05) is 27.2 Å². The SMILES string of the molecule is CC[C@@H]1CCCN(C(=O)N[C@H](C)CN2C[C@H](C)C[C@H](C)C2)C1. The van der Waals surface area contributed by atoms with Crippen molar-refractivity contribution in [2.24, 2.45) is 17.8 Å². The normalized spacial score (nSPS) is 31.8. The van der Waals surface area contributed by atoms with Gasteiger partial charge in [0, 0.05) is 38.8 Å². The zero-order chi connectivity index (χ0) is 16.1. The first-order chi connectivity index (χ1) is 10.5. The monoisotopic (exact) mass is 309 g/mol. The molecule has 0 radical (unpaired) electrons. The highest BCUT2D eigenvalue weighted by Gasteiger charge is 2.26. The summed E-state index contributed by atoms with van der Waals surface area (Å²) in [6.07, 6.45) is 4.95. The predicted molar refractivity (Wildman–Crippen MR) is 92.0 cm³/mol. The summed E-state index contributed by atoms with van der Waals surface area (Å²) in [4.78, 5) is 17.0. The van der Waals surface area contributed by atoms with Gasteiger partial charge >= 0.3 is 6.03 Å². The van der Waals surface area contributed by atoms with Crippen molar-refractivity contribution in [1.29, 1.82) is 0 Å². The fraction of sp³-hybridized carbons (Fsp3) is 0.944. The molecule has 2 saturated heterocycles. The van der Waals surface area contributed by atoms with E-state index >= 15 is 0 Å². The van der Waals surface area contributed by atoms with Gasteiger partial charge in [0.2, 0.25) is 0 Å². The molecule has 2 aliphatic rings. The Balaban J connectivity index is 1.76. The quantitative estimate of drug-likeness (QED) is 0.865. The molecule has 0 bridgehead atoms. The Morgan fingerprint density at radius 2 is 1.91 bits per heavy atom. The van der Waals surface area contributed by atoms with E-state index in [2.05, 4.69) is 37.9 Å². The van der Waals surface area contributed by atoms with E-state index in [1.165, 1.54) is 32.4 Å². The van der Waals surface area contributed by atoms with Gasteiger partial charge in [0.05, 0.1) is 0 Å². The van der Waals surface area contributed by atoms with Crippen molar-refractivity contribution in [2.75, 3.05) is 32.7 Å². The molecular formula is C18H35N3O.